The Hall–Kier alpha value is -4.17. The number of thiazole rings is 2. The number of aliphatic imine (C=N–C) groups is 2. The van der Waals surface area contributed by atoms with E-state index in [1.807, 2.05) is 18.3 Å². The third kappa shape index (κ3) is 9.79. The molecule has 2 aromatic carbocycles. The number of thioether (sulfide) groups is 2. The van der Waals surface area contributed by atoms with Crippen LogP contribution in [0.3, 0.4) is 0 Å². The van der Waals surface area contributed by atoms with E-state index in [1.54, 1.807) is 61.1 Å². The van der Waals surface area contributed by atoms with Crippen LogP contribution < -0.4 is 0 Å². The molecule has 3 N–H and O–H groups in total. The minimum absolute atomic E-state index is 0.194. The van der Waals surface area contributed by atoms with Gasteiger partial charge in [-0.05, 0) is 54.1 Å². The van der Waals surface area contributed by atoms with Gasteiger partial charge >= 0.3 is 11.9 Å². The molecule has 17 heteroatoms. The van der Waals surface area contributed by atoms with Gasteiger partial charge in [-0.15, -0.1) is 46.2 Å². The first kappa shape index (κ1) is 36.6. The number of carboxylic acid groups (broad SMARTS) is 1. The average molecular weight is 871 g/mol. The Morgan fingerprint density at radius 2 is 1.29 bits per heavy atom. The van der Waals surface area contributed by atoms with Gasteiger partial charge in [0, 0.05) is 46.3 Å². The third-order valence-corrected chi connectivity index (χ3v) is 12.2. The summed E-state index contributed by atoms with van der Waals surface area (Å²) in [7, 11) is 0. The van der Waals surface area contributed by atoms with Crippen molar-refractivity contribution in [3.8, 4) is 11.5 Å². The Labute approximate surface area is 321 Å². The lowest BCUT2D eigenvalue weighted by atomic mass is 10.3. The fourth-order valence-corrected chi connectivity index (χ4v) is 9.09. The summed E-state index contributed by atoms with van der Waals surface area (Å²) in [4.78, 5) is 48.5. The van der Waals surface area contributed by atoms with Crippen molar-refractivity contribution < 1.29 is 29.6 Å². The molecule has 6 aromatic rings. The molecule has 4 aromatic heterocycles. The number of phenols is 2. The van der Waals surface area contributed by atoms with Crippen LogP contribution in [0.5, 0.6) is 11.5 Å². The number of ether oxygens (including phenoxy) is 1. The van der Waals surface area contributed by atoms with E-state index in [0.29, 0.717) is 21.6 Å². The van der Waals surface area contributed by atoms with Crippen molar-refractivity contribution in [2.24, 2.45) is 9.98 Å². The highest BCUT2D eigenvalue weighted by atomic mass is 127. The number of aromatic nitrogens is 4. The first-order chi connectivity index (χ1) is 24.7. The molecule has 2 aliphatic heterocycles. The van der Waals surface area contributed by atoms with Gasteiger partial charge < -0.3 is 20.1 Å². The van der Waals surface area contributed by atoms with Crippen LogP contribution in [0.1, 0.15) is 21.1 Å². The second-order valence-corrected chi connectivity index (χ2v) is 15.5. The summed E-state index contributed by atoms with van der Waals surface area (Å²) in [5.41, 5.74) is 3.73. The zero-order valence-corrected chi connectivity index (χ0v) is 31.8. The number of phenolic OH excluding ortho intramolecular Hbond substituents is 2. The fraction of sp³-hybridized carbons (Fsp3) is 0.176. The Kier molecular flexibility index (Phi) is 12.5. The Morgan fingerprint density at radius 1 is 0.765 bits per heavy atom. The van der Waals surface area contributed by atoms with Gasteiger partial charge in [-0.2, -0.15) is 0 Å². The highest BCUT2D eigenvalue weighted by Crippen LogP contribution is 2.33. The Morgan fingerprint density at radius 3 is 1.76 bits per heavy atom. The van der Waals surface area contributed by atoms with Gasteiger partial charge in [0.2, 0.25) is 0 Å². The van der Waals surface area contributed by atoms with E-state index in [1.165, 1.54) is 51.8 Å². The summed E-state index contributed by atoms with van der Waals surface area (Å²) < 4.78 is 8.13. The van der Waals surface area contributed by atoms with Crippen LogP contribution in [0.25, 0.3) is 20.4 Å². The smallest absolute Gasteiger partial charge is 0.332 e. The van der Waals surface area contributed by atoms with E-state index in [2.05, 4.69) is 58.6 Å². The lowest BCUT2D eigenvalue weighted by Crippen LogP contribution is -2.21. The molecular formula is C34H27IN6O6S4. The molecule has 260 valence electrons. The fourth-order valence-electron chi connectivity index (χ4n) is 4.45. The Bertz CT molecular complexity index is 2220. The first-order valence-corrected chi connectivity index (χ1v) is 20.2. The topological polar surface area (TPSA) is 180 Å². The maximum Gasteiger partial charge on any atom is 0.332 e. The SMILES string of the molecule is ICc1cccnc1.O=C(O)[C@H]1CSC(c2nc3ccc(O)cc3s2)=N1.O=C(OCc1cccnc1)[C@H]1CSC(c2nc3ccc(O)cc3s2)=N1. The van der Waals surface area contributed by atoms with Crippen molar-refractivity contribution >= 4 is 111 Å². The number of carboxylic acids is 1. The molecule has 0 radical (unpaired) electrons. The maximum absolute atomic E-state index is 12.2. The predicted octanol–water partition coefficient (Wildman–Crippen LogP) is 6.97. The van der Waals surface area contributed by atoms with Crippen LogP contribution >= 0.6 is 68.8 Å². The second-order valence-electron chi connectivity index (χ2n) is 10.7. The summed E-state index contributed by atoms with van der Waals surface area (Å²) in [5.74, 6) is 0.151. The minimum atomic E-state index is -0.906. The molecule has 6 heterocycles. The molecule has 12 nitrogen and oxygen atoms in total. The number of hydrogen-bond acceptors (Lipinski definition) is 15. The van der Waals surface area contributed by atoms with Crippen LogP contribution in [0.15, 0.2) is 95.4 Å². The molecule has 0 spiro atoms. The van der Waals surface area contributed by atoms with Crippen molar-refractivity contribution in [3.63, 3.8) is 0 Å². The summed E-state index contributed by atoms with van der Waals surface area (Å²) in [6.45, 7) is 0.194. The maximum atomic E-state index is 12.2. The number of alkyl halides is 1. The third-order valence-electron chi connectivity index (χ3n) is 6.95. The molecule has 0 amide bonds. The molecule has 0 aliphatic carbocycles. The summed E-state index contributed by atoms with van der Waals surface area (Å²) >= 11 is 8.07. The number of nitrogens with zero attached hydrogens (tertiary/aromatic N) is 6. The van der Waals surface area contributed by atoms with E-state index in [9.17, 15) is 19.8 Å². The summed E-state index contributed by atoms with van der Waals surface area (Å²) in [6, 6.07) is 16.5. The number of halogens is 1. The number of hydrogen-bond donors (Lipinski definition) is 3. The number of carbonyl (C=O) groups excluding carboxylic acids is 1. The highest BCUT2D eigenvalue weighted by Gasteiger charge is 2.29. The molecule has 2 aliphatic rings. The molecule has 0 fully saturated rings. The molecule has 0 saturated heterocycles. The predicted molar refractivity (Wildman–Crippen MR) is 212 cm³/mol. The van der Waals surface area contributed by atoms with E-state index in [0.717, 1.165) is 40.5 Å². The van der Waals surface area contributed by atoms with Crippen molar-refractivity contribution in [1.29, 1.82) is 0 Å². The number of rotatable bonds is 7. The van der Waals surface area contributed by atoms with Gasteiger partial charge in [0.1, 0.15) is 38.2 Å². The van der Waals surface area contributed by atoms with Crippen LogP contribution in [0.2, 0.25) is 0 Å². The summed E-state index contributed by atoms with van der Waals surface area (Å²) in [5, 5.41) is 30.7. The van der Waals surface area contributed by atoms with E-state index >= 15 is 0 Å². The van der Waals surface area contributed by atoms with Gasteiger partial charge in [-0.3, -0.25) is 20.0 Å². The highest BCUT2D eigenvalue weighted by molar-refractivity contribution is 14.1. The van der Waals surface area contributed by atoms with Crippen molar-refractivity contribution in [2.75, 3.05) is 11.5 Å². The normalized spacial score (nSPS) is 16.4. The number of aliphatic carboxylic acids is 1. The first-order valence-electron chi connectivity index (χ1n) is 15.1. The summed E-state index contributed by atoms with van der Waals surface area (Å²) in [6.07, 6.45) is 7.01. The monoisotopic (exact) mass is 870 g/mol. The van der Waals surface area contributed by atoms with Crippen LogP contribution in [-0.2, 0) is 25.4 Å². The lowest BCUT2D eigenvalue weighted by Gasteiger charge is -2.06. The molecule has 51 heavy (non-hydrogen) atoms. The van der Waals surface area contributed by atoms with E-state index in [-0.39, 0.29) is 24.1 Å². The Balaban J connectivity index is 0.000000150. The molecule has 0 saturated carbocycles. The van der Waals surface area contributed by atoms with Crippen LogP contribution in [-0.4, -0.2) is 80.9 Å². The number of carbonyl (C=O) groups is 2. The minimum Gasteiger partial charge on any atom is -0.508 e. The standard InChI is InChI=1S/C17H13N3O3S2.C11H8N2O3S2.C6H6IN/c21-11-3-4-12-14(6-11)25-16(19-12)15-20-13(9-24-15)17(22)23-8-10-2-1-5-18-7-10;14-5-1-2-6-8(3-5)18-10(12-6)9-13-7(4-17-9)11(15)16;7-4-6-2-1-3-8-5-6/h1-7,13,21H,8-9H2;1-3,7,14H,4H2,(H,15,16);1-3,5H,4H2/t13-;7-;/m11./s1. The van der Waals surface area contributed by atoms with Gasteiger partial charge in [-0.25, -0.2) is 19.6 Å². The molecule has 0 bridgehead atoms. The van der Waals surface area contributed by atoms with Gasteiger partial charge in [0.05, 0.1) is 20.4 Å². The van der Waals surface area contributed by atoms with E-state index < -0.39 is 18.1 Å². The average Bonchev–Trinajstić information content (AvgIpc) is 3.97. The van der Waals surface area contributed by atoms with Gasteiger partial charge in [0.15, 0.2) is 12.1 Å². The molecule has 8 rings (SSSR count). The number of esters is 1. The van der Waals surface area contributed by atoms with Crippen LogP contribution in [0.4, 0.5) is 0 Å². The molecule has 2 atom stereocenters. The number of benzene rings is 2. The number of pyridine rings is 2. The van der Waals surface area contributed by atoms with Crippen molar-refractivity contribution in [1.82, 2.24) is 19.9 Å². The van der Waals surface area contributed by atoms with E-state index in [4.69, 9.17) is 9.84 Å². The zero-order valence-electron chi connectivity index (χ0n) is 26.3. The van der Waals surface area contributed by atoms with Gasteiger partial charge in [-0.1, -0.05) is 34.7 Å². The number of fused-ring (bicyclic) bond motifs is 2. The quantitative estimate of drug-likeness (QED) is 0.0854. The van der Waals surface area contributed by atoms with Gasteiger partial charge in [0.25, 0.3) is 0 Å². The second kappa shape index (κ2) is 17.4. The lowest BCUT2D eigenvalue weighted by molar-refractivity contribution is -0.145. The number of aromatic hydroxyl groups is 2. The zero-order chi connectivity index (χ0) is 35.7. The largest absolute Gasteiger partial charge is 0.508 e. The molecule has 0 unspecified atom stereocenters. The molecular weight excluding hydrogens is 844 g/mol. The van der Waals surface area contributed by atoms with Crippen LogP contribution in [0, 0.1) is 0 Å². The van der Waals surface area contributed by atoms with Crippen molar-refractivity contribution in [2.45, 2.75) is 23.1 Å². The van der Waals surface area contributed by atoms with Crippen molar-refractivity contribution in [3.05, 3.63) is 107 Å².